The van der Waals surface area contributed by atoms with Crippen LogP contribution in [0.15, 0.2) is 267 Å². The van der Waals surface area contributed by atoms with E-state index < -0.39 is 8.07 Å². The van der Waals surface area contributed by atoms with Crippen LogP contribution < -0.4 is 20.7 Å². The summed E-state index contributed by atoms with van der Waals surface area (Å²) in [6.45, 7) is 8.75. The second-order valence-electron chi connectivity index (χ2n) is 20.6. The molecule has 0 saturated heterocycles. The third-order valence-electron chi connectivity index (χ3n) is 15.6. The fourth-order valence-electron chi connectivity index (χ4n) is 11.9. The molecule has 2 heterocycles. The summed E-state index contributed by atoms with van der Waals surface area (Å²) in [5, 5.41) is 7.63. The van der Waals surface area contributed by atoms with Crippen LogP contribution in [0.1, 0.15) is 22.3 Å². The van der Waals surface area contributed by atoms with Crippen LogP contribution in [0.3, 0.4) is 0 Å². The van der Waals surface area contributed by atoms with Crippen molar-refractivity contribution < 1.29 is 0 Å². The van der Waals surface area contributed by atoms with Crippen molar-refractivity contribution in [2.45, 2.75) is 27.7 Å². The standard InChI is InChI=1S/C73H56N4Si/c1-49-33-38-63(51(3)43-49)57-36-41-68-65(47-57)66-48-58(64-39-34-50(2)44-52(64)4)37-42-69(66)77(68)70-40-35-56(46-67(70)73-75-71(53-21-10-5-11-22-53)74-72(76-73)54-23-12-6-13-24-54)55-25-20-32-62(45-55)78(59-26-14-7-15-27-59,60-28-16-8-17-29-60)61-30-18-9-19-31-61/h5-48H,1-4H3. The molecule has 0 aliphatic carbocycles. The molecule has 13 aromatic rings. The SMILES string of the molecule is Cc1ccc(-c2ccc3c(c2)c2cc(-c4ccc(C)cc4C)ccc2n3-c2ccc(-c3cccc([Si](c4ccccc4)(c4ccccc4)c4ccccc4)c3)cc2-c2nc(-c3ccccc3)nc(-c3ccccc3)n2)c(C)c1. The fourth-order valence-corrected chi connectivity index (χ4v) is 16.7. The van der Waals surface area contributed by atoms with Crippen molar-refractivity contribution in [1.82, 2.24) is 19.5 Å². The number of fused-ring (bicyclic) bond motifs is 3. The molecule has 0 atom stereocenters. The first kappa shape index (κ1) is 48.1. The van der Waals surface area contributed by atoms with Gasteiger partial charge in [0, 0.05) is 27.5 Å². The molecule has 78 heavy (non-hydrogen) atoms. The van der Waals surface area contributed by atoms with Gasteiger partial charge in [0.05, 0.1) is 16.7 Å². The first-order chi connectivity index (χ1) is 38.3. The third kappa shape index (κ3) is 8.64. The van der Waals surface area contributed by atoms with Crippen molar-refractivity contribution in [2.75, 3.05) is 0 Å². The Hall–Kier alpha value is -9.55. The molecule has 0 aliphatic heterocycles. The molecule has 0 radical (unpaired) electrons. The molecule has 0 unspecified atom stereocenters. The minimum absolute atomic E-state index is 0.589. The molecule has 0 amide bonds. The van der Waals surface area contributed by atoms with E-state index in [-0.39, 0.29) is 0 Å². The molecule has 0 N–H and O–H groups in total. The van der Waals surface area contributed by atoms with Gasteiger partial charge in [0.2, 0.25) is 0 Å². The molecule has 13 rings (SSSR count). The summed E-state index contributed by atoms with van der Waals surface area (Å²) in [6, 6.07) is 97.6. The van der Waals surface area contributed by atoms with Gasteiger partial charge >= 0.3 is 0 Å². The van der Waals surface area contributed by atoms with Gasteiger partial charge in [-0.15, -0.1) is 0 Å². The lowest BCUT2D eigenvalue weighted by Crippen LogP contribution is -2.74. The Labute approximate surface area is 457 Å². The summed E-state index contributed by atoms with van der Waals surface area (Å²) >= 11 is 0. The fraction of sp³-hybridized carbons (Fsp3) is 0.0548. The maximum absolute atomic E-state index is 5.45. The lowest BCUT2D eigenvalue weighted by molar-refractivity contribution is 1.06. The van der Waals surface area contributed by atoms with Gasteiger partial charge in [-0.05, 0) is 129 Å². The Morgan fingerprint density at radius 2 is 0.679 bits per heavy atom. The molecule has 0 spiro atoms. The van der Waals surface area contributed by atoms with Gasteiger partial charge in [0.25, 0.3) is 0 Å². The van der Waals surface area contributed by atoms with Gasteiger partial charge in [-0.3, -0.25) is 0 Å². The van der Waals surface area contributed by atoms with Gasteiger partial charge in [-0.1, -0.05) is 242 Å². The van der Waals surface area contributed by atoms with Gasteiger partial charge in [-0.2, -0.15) is 0 Å². The van der Waals surface area contributed by atoms with Crippen LogP contribution >= 0.6 is 0 Å². The smallest absolute Gasteiger partial charge is 0.179 e. The Bertz CT molecular complexity index is 4080. The average Bonchev–Trinajstić information content (AvgIpc) is 3.99. The van der Waals surface area contributed by atoms with Crippen molar-refractivity contribution in [3.8, 4) is 73.2 Å². The number of benzene rings is 11. The normalized spacial score (nSPS) is 11.6. The molecular weight excluding hydrogens is 961 g/mol. The molecule has 2 aromatic heterocycles. The van der Waals surface area contributed by atoms with E-state index in [1.807, 2.05) is 36.4 Å². The number of rotatable bonds is 11. The van der Waals surface area contributed by atoms with Crippen molar-refractivity contribution in [1.29, 1.82) is 0 Å². The molecule has 4 nitrogen and oxygen atoms in total. The van der Waals surface area contributed by atoms with Crippen molar-refractivity contribution in [2.24, 2.45) is 0 Å². The monoisotopic (exact) mass is 1020 g/mol. The number of hydrogen-bond donors (Lipinski definition) is 0. The van der Waals surface area contributed by atoms with Gasteiger partial charge < -0.3 is 4.57 Å². The van der Waals surface area contributed by atoms with Gasteiger partial charge in [0.1, 0.15) is 0 Å². The highest BCUT2D eigenvalue weighted by Crippen LogP contribution is 2.42. The number of nitrogens with zero attached hydrogens (tertiary/aromatic N) is 4. The highest BCUT2D eigenvalue weighted by Gasteiger charge is 2.41. The quantitative estimate of drug-likeness (QED) is 0.0958. The van der Waals surface area contributed by atoms with Crippen LogP contribution in [-0.4, -0.2) is 27.6 Å². The Kier molecular flexibility index (Phi) is 12.5. The van der Waals surface area contributed by atoms with Crippen LogP contribution in [0, 0.1) is 27.7 Å². The van der Waals surface area contributed by atoms with Crippen molar-refractivity contribution >= 4 is 50.6 Å². The molecular formula is C73H56N4Si. The topological polar surface area (TPSA) is 43.6 Å². The Morgan fingerprint density at radius 1 is 0.282 bits per heavy atom. The number of aryl methyl sites for hydroxylation is 4. The minimum atomic E-state index is -2.86. The first-order valence-electron chi connectivity index (χ1n) is 26.8. The summed E-state index contributed by atoms with van der Waals surface area (Å²) in [7, 11) is -2.86. The van der Waals surface area contributed by atoms with E-state index in [0.717, 1.165) is 44.5 Å². The van der Waals surface area contributed by atoms with Crippen LogP contribution in [0.4, 0.5) is 0 Å². The van der Waals surface area contributed by atoms with Crippen LogP contribution in [0.5, 0.6) is 0 Å². The zero-order valence-electron chi connectivity index (χ0n) is 44.2. The first-order valence-corrected chi connectivity index (χ1v) is 28.8. The predicted octanol–water partition coefficient (Wildman–Crippen LogP) is 15.6. The van der Waals surface area contributed by atoms with Gasteiger partial charge in [0.15, 0.2) is 25.5 Å². The largest absolute Gasteiger partial charge is 0.308 e. The summed E-state index contributed by atoms with van der Waals surface area (Å²) < 4.78 is 2.43. The maximum atomic E-state index is 5.45. The van der Waals surface area contributed by atoms with Crippen LogP contribution in [0.25, 0.3) is 95.0 Å². The third-order valence-corrected chi connectivity index (χ3v) is 20.4. The lowest BCUT2D eigenvalue weighted by atomic mass is 9.95. The van der Waals surface area contributed by atoms with E-state index in [0.29, 0.717) is 17.5 Å². The summed E-state index contributed by atoms with van der Waals surface area (Å²) in [5.74, 6) is 1.81. The second-order valence-corrected chi connectivity index (χ2v) is 24.4. The molecule has 5 heteroatoms. The predicted molar refractivity (Wildman–Crippen MR) is 329 cm³/mol. The summed E-state index contributed by atoms with van der Waals surface area (Å²) in [6.07, 6.45) is 0. The highest BCUT2D eigenvalue weighted by atomic mass is 28.3. The number of aromatic nitrogens is 4. The Balaban J connectivity index is 1.09. The lowest BCUT2D eigenvalue weighted by Gasteiger charge is -2.34. The van der Waals surface area contributed by atoms with E-state index in [1.54, 1.807) is 0 Å². The Morgan fingerprint density at radius 3 is 1.14 bits per heavy atom. The van der Waals surface area contributed by atoms with E-state index in [2.05, 4.69) is 263 Å². The molecule has 372 valence electrons. The van der Waals surface area contributed by atoms with E-state index in [4.69, 9.17) is 15.0 Å². The summed E-state index contributed by atoms with van der Waals surface area (Å²) in [5.41, 5.74) is 17.9. The second kappa shape index (κ2) is 20.2. The van der Waals surface area contributed by atoms with Crippen molar-refractivity contribution in [3.63, 3.8) is 0 Å². The maximum Gasteiger partial charge on any atom is 0.179 e. The minimum Gasteiger partial charge on any atom is -0.308 e. The molecule has 0 aliphatic rings. The van der Waals surface area contributed by atoms with E-state index in [9.17, 15) is 0 Å². The molecule has 0 bridgehead atoms. The van der Waals surface area contributed by atoms with E-state index >= 15 is 0 Å². The van der Waals surface area contributed by atoms with E-state index in [1.165, 1.54) is 76.0 Å². The zero-order chi connectivity index (χ0) is 52.7. The van der Waals surface area contributed by atoms with Crippen molar-refractivity contribution in [3.05, 3.63) is 289 Å². The molecule has 0 saturated carbocycles. The molecule has 11 aromatic carbocycles. The summed E-state index contributed by atoms with van der Waals surface area (Å²) in [4.78, 5) is 16.1. The highest BCUT2D eigenvalue weighted by molar-refractivity contribution is 7.19. The van der Waals surface area contributed by atoms with Crippen LogP contribution in [-0.2, 0) is 0 Å². The zero-order valence-corrected chi connectivity index (χ0v) is 45.2. The van der Waals surface area contributed by atoms with Gasteiger partial charge in [-0.25, -0.2) is 15.0 Å². The number of hydrogen-bond acceptors (Lipinski definition) is 3. The average molecular weight is 1020 g/mol. The molecule has 0 fully saturated rings. The van der Waals surface area contributed by atoms with Crippen LogP contribution in [0.2, 0.25) is 0 Å².